The Morgan fingerprint density at radius 1 is 1.21 bits per heavy atom. The van der Waals surface area contributed by atoms with Crippen LogP contribution in [0.3, 0.4) is 0 Å². The van der Waals surface area contributed by atoms with Crippen LogP contribution >= 0.6 is 0 Å². The van der Waals surface area contributed by atoms with Crippen molar-refractivity contribution in [2.45, 2.75) is 108 Å². The maximum Gasteiger partial charge on any atom is 0.342 e. The van der Waals surface area contributed by atoms with E-state index in [0.717, 1.165) is 11.6 Å². The number of aliphatic hydroxyl groups excluding tert-OH is 3. The minimum atomic E-state index is -1.52. The van der Waals surface area contributed by atoms with Crippen LogP contribution in [0.4, 0.5) is 0 Å². The number of aromatic hydroxyl groups is 2. The van der Waals surface area contributed by atoms with Crippen LogP contribution in [-0.2, 0) is 30.2 Å². The van der Waals surface area contributed by atoms with Gasteiger partial charge in [0, 0.05) is 45.0 Å². The molecule has 43 heavy (non-hydrogen) atoms. The summed E-state index contributed by atoms with van der Waals surface area (Å²) in [6, 6.07) is -0.00573. The molecule has 0 saturated carbocycles. The number of phenols is 2. The van der Waals surface area contributed by atoms with Gasteiger partial charge < -0.3 is 55.5 Å². The number of benzene rings is 1. The number of aliphatic hydroxyl groups is 3. The number of carbonyl (C=O) groups excluding carboxylic acids is 2. The lowest BCUT2D eigenvalue weighted by atomic mass is 9.73. The highest BCUT2D eigenvalue weighted by Gasteiger charge is 2.48. The highest BCUT2D eigenvalue weighted by molar-refractivity contribution is 5.96. The number of amides is 1. The van der Waals surface area contributed by atoms with Gasteiger partial charge in [0.2, 0.25) is 0 Å². The van der Waals surface area contributed by atoms with E-state index in [-0.39, 0.29) is 37.0 Å². The molecule has 242 valence electrons. The SMILES string of the molecule is C=C(C)C[C@H](OC)[C@H](O)C(=O)N[C@@H](OC)[C@@H]1C[C@@H](O)C(C)(C)[C@@H](C[C@H](O)[C@@H](N)[C@H]2Cc3c(C)c(O)cc(O)c3C(=O)O2)O1. The van der Waals surface area contributed by atoms with Gasteiger partial charge in [0.1, 0.15) is 29.3 Å². The Balaban J connectivity index is 1.73. The second-order valence-electron chi connectivity index (χ2n) is 12.2. The number of hydrogen-bond donors (Lipinski definition) is 7. The first-order valence-corrected chi connectivity index (χ1v) is 14.2. The number of fused-ring (bicyclic) bond motifs is 1. The van der Waals surface area contributed by atoms with E-state index in [4.69, 9.17) is 24.7 Å². The fourth-order valence-corrected chi connectivity index (χ4v) is 5.67. The summed E-state index contributed by atoms with van der Waals surface area (Å²) in [7, 11) is 2.73. The van der Waals surface area contributed by atoms with E-state index >= 15 is 0 Å². The molecule has 0 aliphatic carbocycles. The van der Waals surface area contributed by atoms with E-state index in [1.807, 2.05) is 0 Å². The number of carbonyl (C=O) groups is 2. The number of nitrogens with two attached hydrogens (primary N) is 1. The minimum absolute atomic E-state index is 0.0508. The van der Waals surface area contributed by atoms with Crippen LogP contribution < -0.4 is 11.1 Å². The summed E-state index contributed by atoms with van der Waals surface area (Å²) in [6.45, 7) is 10.7. The maximum absolute atomic E-state index is 12.9. The van der Waals surface area contributed by atoms with Crippen LogP contribution in [0.2, 0.25) is 0 Å². The first kappa shape index (κ1) is 34.7. The van der Waals surface area contributed by atoms with Crippen molar-refractivity contribution in [2.24, 2.45) is 11.1 Å². The first-order valence-electron chi connectivity index (χ1n) is 14.2. The van der Waals surface area contributed by atoms with Gasteiger partial charge in [-0.15, -0.1) is 6.58 Å². The van der Waals surface area contributed by atoms with Crippen LogP contribution in [0.5, 0.6) is 11.5 Å². The second kappa shape index (κ2) is 13.9. The molecular formula is C30H46N2O11. The molecule has 13 nitrogen and oxygen atoms in total. The molecule has 0 radical (unpaired) electrons. The van der Waals surface area contributed by atoms with Gasteiger partial charge in [0.05, 0.1) is 30.5 Å². The zero-order chi connectivity index (χ0) is 32.4. The van der Waals surface area contributed by atoms with Gasteiger partial charge in [0.15, 0.2) is 12.3 Å². The molecule has 1 aromatic rings. The van der Waals surface area contributed by atoms with Gasteiger partial charge in [-0.3, -0.25) is 4.79 Å². The third-order valence-corrected chi connectivity index (χ3v) is 8.70. The Bertz CT molecular complexity index is 1190. The highest BCUT2D eigenvalue weighted by Crippen LogP contribution is 2.41. The topological polar surface area (TPSA) is 210 Å². The molecule has 8 N–H and O–H groups in total. The summed E-state index contributed by atoms with van der Waals surface area (Å²) in [5.74, 6) is -2.17. The normalized spacial score (nSPS) is 26.8. The van der Waals surface area contributed by atoms with Crippen LogP contribution in [0.25, 0.3) is 0 Å². The summed E-state index contributed by atoms with van der Waals surface area (Å²) in [5, 5.41) is 55.7. The Labute approximate surface area is 251 Å². The summed E-state index contributed by atoms with van der Waals surface area (Å²) < 4.78 is 22.5. The number of cyclic esters (lactones) is 1. The summed E-state index contributed by atoms with van der Waals surface area (Å²) >= 11 is 0. The maximum atomic E-state index is 12.9. The number of phenolic OH excluding ortho intramolecular Hbond substituents is 2. The molecule has 1 saturated heterocycles. The van der Waals surface area contributed by atoms with E-state index < -0.39 is 78.0 Å². The third kappa shape index (κ3) is 7.48. The van der Waals surface area contributed by atoms with Crippen LogP contribution in [-0.4, -0.2) is 107 Å². The predicted octanol–water partition coefficient (Wildman–Crippen LogP) is 0.541. The largest absolute Gasteiger partial charge is 0.508 e. The Kier molecular flexibility index (Phi) is 11.2. The average molecular weight is 611 g/mol. The fraction of sp³-hybridized carbons (Fsp3) is 0.667. The standard InChI is InChI=1S/C30H46N2O11/c1-13(2)8-20(40-6)26(37)27(38)32-28(41-7)21-12-22(36)30(4,5)23(42-21)11-18(35)25(31)19-9-15-14(3)16(33)10-17(34)24(15)29(39)43-19/h10,18-23,25-26,28,33-37H,1,8-9,11-12,31H2,2-7H3,(H,32,38)/t18-,19+,20-,21-,22+,23+,25+,26-,28-/m0/s1. The molecule has 2 aliphatic heterocycles. The van der Waals surface area contributed by atoms with Crippen LogP contribution in [0.1, 0.15) is 61.5 Å². The smallest absolute Gasteiger partial charge is 0.342 e. The van der Waals surface area contributed by atoms with Gasteiger partial charge in [-0.2, -0.15) is 0 Å². The molecule has 9 atom stereocenters. The van der Waals surface area contributed by atoms with E-state index in [2.05, 4.69) is 11.9 Å². The zero-order valence-electron chi connectivity index (χ0n) is 25.6. The zero-order valence-corrected chi connectivity index (χ0v) is 25.6. The number of esters is 1. The second-order valence-corrected chi connectivity index (χ2v) is 12.2. The van der Waals surface area contributed by atoms with Crippen molar-refractivity contribution in [2.75, 3.05) is 14.2 Å². The molecule has 1 amide bonds. The van der Waals surface area contributed by atoms with E-state index in [9.17, 15) is 35.1 Å². The molecule has 13 heteroatoms. The monoisotopic (exact) mass is 610 g/mol. The van der Waals surface area contributed by atoms with Gasteiger partial charge in [-0.1, -0.05) is 19.4 Å². The van der Waals surface area contributed by atoms with Crippen molar-refractivity contribution in [1.29, 1.82) is 0 Å². The average Bonchev–Trinajstić information content (AvgIpc) is 2.94. The predicted molar refractivity (Wildman–Crippen MR) is 154 cm³/mol. The fourth-order valence-electron chi connectivity index (χ4n) is 5.67. The molecule has 1 aromatic carbocycles. The number of hydrogen-bond acceptors (Lipinski definition) is 12. The van der Waals surface area contributed by atoms with Crippen molar-refractivity contribution in [3.63, 3.8) is 0 Å². The molecule has 0 spiro atoms. The molecule has 2 heterocycles. The Hall–Kier alpha value is -2.78. The number of methoxy groups -OCH3 is 2. The lowest BCUT2D eigenvalue weighted by Gasteiger charge is -2.48. The van der Waals surface area contributed by atoms with E-state index in [1.54, 1.807) is 27.7 Å². The highest BCUT2D eigenvalue weighted by atomic mass is 16.6. The van der Waals surface area contributed by atoms with Crippen molar-refractivity contribution in [1.82, 2.24) is 5.32 Å². The Morgan fingerprint density at radius 2 is 1.86 bits per heavy atom. The van der Waals surface area contributed by atoms with Crippen molar-refractivity contribution in [3.8, 4) is 11.5 Å². The van der Waals surface area contributed by atoms with Crippen LogP contribution in [0, 0.1) is 12.3 Å². The number of nitrogens with one attached hydrogen (secondary N) is 1. The van der Waals surface area contributed by atoms with Gasteiger partial charge in [-0.25, -0.2) is 4.79 Å². The molecule has 2 aliphatic rings. The van der Waals surface area contributed by atoms with Gasteiger partial charge >= 0.3 is 5.97 Å². The quantitative estimate of drug-likeness (QED) is 0.0982. The Morgan fingerprint density at radius 3 is 2.44 bits per heavy atom. The van der Waals surface area contributed by atoms with Gasteiger partial charge in [0.25, 0.3) is 5.91 Å². The van der Waals surface area contributed by atoms with E-state index in [0.29, 0.717) is 11.1 Å². The van der Waals surface area contributed by atoms with E-state index in [1.165, 1.54) is 14.2 Å². The summed E-state index contributed by atoms with van der Waals surface area (Å²) in [6.07, 6.45) is -7.85. The number of rotatable bonds is 12. The first-order chi connectivity index (χ1) is 20.0. The van der Waals surface area contributed by atoms with Crippen molar-refractivity contribution < 1.29 is 54.1 Å². The molecule has 0 bridgehead atoms. The third-order valence-electron chi connectivity index (χ3n) is 8.70. The lowest BCUT2D eigenvalue weighted by molar-refractivity contribution is -0.216. The molecular weight excluding hydrogens is 564 g/mol. The van der Waals surface area contributed by atoms with Gasteiger partial charge in [-0.05, 0) is 31.4 Å². The molecule has 0 unspecified atom stereocenters. The minimum Gasteiger partial charge on any atom is -0.508 e. The molecule has 1 fully saturated rings. The molecule has 0 aromatic heterocycles. The molecule has 3 rings (SSSR count). The summed E-state index contributed by atoms with van der Waals surface area (Å²) in [4.78, 5) is 25.6. The lowest BCUT2D eigenvalue weighted by Crippen LogP contribution is -2.60. The van der Waals surface area contributed by atoms with Crippen molar-refractivity contribution in [3.05, 3.63) is 34.9 Å². The number of ether oxygens (including phenoxy) is 4. The summed E-state index contributed by atoms with van der Waals surface area (Å²) in [5.41, 5.74) is 6.97. The van der Waals surface area contributed by atoms with Crippen molar-refractivity contribution >= 4 is 11.9 Å². The van der Waals surface area contributed by atoms with Crippen LogP contribution in [0.15, 0.2) is 18.2 Å².